The minimum atomic E-state index is -0.513. The molecule has 3 N–H and O–H groups in total. The third kappa shape index (κ3) is 2.74. The van der Waals surface area contributed by atoms with Crippen LogP contribution in [0.5, 0.6) is 0 Å². The standard InChI is InChI=1S/C12H23N3O/c1-2-7-15-8-3-10(4-9-15)14-11(16)12(13)5-6-12/h10H,2-9,13H2,1H3,(H,14,16). The van der Waals surface area contributed by atoms with Gasteiger partial charge in [0, 0.05) is 19.1 Å². The summed E-state index contributed by atoms with van der Waals surface area (Å²) in [6.07, 6.45) is 5.06. The van der Waals surface area contributed by atoms with Crippen LogP contribution < -0.4 is 11.1 Å². The highest BCUT2D eigenvalue weighted by Crippen LogP contribution is 2.32. The fraction of sp³-hybridized carbons (Fsp3) is 0.917. The molecule has 16 heavy (non-hydrogen) atoms. The number of nitrogens with two attached hydrogens (primary N) is 1. The summed E-state index contributed by atoms with van der Waals surface area (Å²) in [4.78, 5) is 14.2. The van der Waals surface area contributed by atoms with Crippen molar-refractivity contribution in [2.24, 2.45) is 5.73 Å². The van der Waals surface area contributed by atoms with Crippen LogP contribution in [0, 0.1) is 0 Å². The SMILES string of the molecule is CCCN1CCC(NC(=O)C2(N)CC2)CC1. The maximum Gasteiger partial charge on any atom is 0.240 e. The molecule has 2 aliphatic rings. The molecule has 4 heteroatoms. The number of amides is 1. The van der Waals surface area contributed by atoms with Gasteiger partial charge in [-0.25, -0.2) is 0 Å². The van der Waals surface area contributed by atoms with Crippen molar-refractivity contribution in [3.05, 3.63) is 0 Å². The molecule has 0 aromatic carbocycles. The van der Waals surface area contributed by atoms with Crippen molar-refractivity contribution >= 4 is 5.91 Å². The van der Waals surface area contributed by atoms with Gasteiger partial charge in [0.1, 0.15) is 0 Å². The van der Waals surface area contributed by atoms with Crippen molar-refractivity contribution in [3.63, 3.8) is 0 Å². The molecule has 1 aliphatic carbocycles. The van der Waals surface area contributed by atoms with E-state index in [4.69, 9.17) is 5.73 Å². The van der Waals surface area contributed by atoms with E-state index in [0.29, 0.717) is 6.04 Å². The molecule has 0 unspecified atom stereocenters. The molecule has 0 aromatic heterocycles. The van der Waals surface area contributed by atoms with Gasteiger partial charge < -0.3 is 16.0 Å². The van der Waals surface area contributed by atoms with Crippen LogP contribution in [0.15, 0.2) is 0 Å². The van der Waals surface area contributed by atoms with Gasteiger partial charge in [0.2, 0.25) is 5.91 Å². The predicted octanol–water partition coefficient (Wildman–Crippen LogP) is 0.468. The Morgan fingerprint density at radius 3 is 2.56 bits per heavy atom. The second kappa shape index (κ2) is 4.72. The molecule has 1 heterocycles. The highest BCUT2D eigenvalue weighted by atomic mass is 16.2. The van der Waals surface area contributed by atoms with Gasteiger partial charge >= 0.3 is 0 Å². The first-order valence-corrected chi connectivity index (χ1v) is 6.46. The predicted molar refractivity (Wildman–Crippen MR) is 64.0 cm³/mol. The quantitative estimate of drug-likeness (QED) is 0.731. The van der Waals surface area contributed by atoms with Gasteiger partial charge in [0.15, 0.2) is 0 Å². The Morgan fingerprint density at radius 2 is 2.06 bits per heavy atom. The summed E-state index contributed by atoms with van der Waals surface area (Å²) >= 11 is 0. The topological polar surface area (TPSA) is 58.4 Å². The van der Waals surface area contributed by atoms with Gasteiger partial charge in [-0.05, 0) is 38.6 Å². The summed E-state index contributed by atoms with van der Waals surface area (Å²) in [6, 6.07) is 0.349. The first-order chi connectivity index (χ1) is 7.64. The zero-order valence-electron chi connectivity index (χ0n) is 10.2. The zero-order chi connectivity index (χ0) is 11.6. The number of likely N-dealkylation sites (tertiary alicyclic amines) is 1. The first kappa shape index (κ1) is 11.9. The minimum absolute atomic E-state index is 0.0708. The van der Waals surface area contributed by atoms with E-state index in [-0.39, 0.29) is 5.91 Å². The number of nitrogens with zero attached hydrogens (tertiary/aromatic N) is 1. The van der Waals surface area contributed by atoms with Crippen molar-refractivity contribution in [3.8, 4) is 0 Å². The molecule has 0 aromatic rings. The molecular formula is C12H23N3O. The number of rotatable bonds is 4. The Bertz CT molecular complexity index is 255. The second-order valence-electron chi connectivity index (χ2n) is 5.25. The molecule has 2 fully saturated rings. The Labute approximate surface area is 97.6 Å². The monoisotopic (exact) mass is 225 g/mol. The van der Waals surface area contributed by atoms with Gasteiger partial charge in [-0.3, -0.25) is 4.79 Å². The summed E-state index contributed by atoms with van der Waals surface area (Å²) in [5.41, 5.74) is 5.35. The molecule has 2 rings (SSSR count). The number of piperidine rings is 1. The smallest absolute Gasteiger partial charge is 0.240 e. The molecule has 1 amide bonds. The van der Waals surface area contributed by atoms with E-state index in [1.54, 1.807) is 0 Å². The molecular weight excluding hydrogens is 202 g/mol. The first-order valence-electron chi connectivity index (χ1n) is 6.46. The van der Waals surface area contributed by atoms with Crippen LogP contribution in [0.1, 0.15) is 39.0 Å². The maximum absolute atomic E-state index is 11.8. The zero-order valence-corrected chi connectivity index (χ0v) is 10.2. The van der Waals surface area contributed by atoms with Crippen LogP contribution in [0.2, 0.25) is 0 Å². The van der Waals surface area contributed by atoms with E-state index < -0.39 is 5.54 Å². The summed E-state index contributed by atoms with van der Waals surface area (Å²) in [5.74, 6) is 0.0708. The van der Waals surface area contributed by atoms with Crippen LogP contribution in [0.4, 0.5) is 0 Å². The summed E-state index contributed by atoms with van der Waals surface area (Å²) in [5, 5.41) is 3.09. The fourth-order valence-electron chi connectivity index (χ4n) is 2.31. The van der Waals surface area contributed by atoms with Crippen LogP contribution in [0.25, 0.3) is 0 Å². The number of hydrogen-bond donors (Lipinski definition) is 2. The molecule has 1 aliphatic heterocycles. The summed E-state index contributed by atoms with van der Waals surface area (Å²) in [6.45, 7) is 5.60. The number of nitrogens with one attached hydrogen (secondary N) is 1. The van der Waals surface area contributed by atoms with E-state index in [2.05, 4.69) is 17.1 Å². The Balaban J connectivity index is 1.71. The van der Waals surface area contributed by atoms with Crippen molar-refractivity contribution in [1.82, 2.24) is 10.2 Å². The lowest BCUT2D eigenvalue weighted by molar-refractivity contribution is -0.124. The van der Waals surface area contributed by atoms with E-state index in [9.17, 15) is 4.79 Å². The van der Waals surface area contributed by atoms with Crippen LogP contribution in [0.3, 0.4) is 0 Å². The van der Waals surface area contributed by atoms with Crippen LogP contribution in [-0.2, 0) is 4.79 Å². The number of carbonyl (C=O) groups excluding carboxylic acids is 1. The van der Waals surface area contributed by atoms with Crippen molar-refractivity contribution in [2.75, 3.05) is 19.6 Å². The maximum atomic E-state index is 11.8. The molecule has 0 spiro atoms. The normalized spacial score (nSPS) is 25.4. The molecule has 1 saturated carbocycles. The average Bonchev–Trinajstić information content (AvgIpc) is 3.01. The van der Waals surface area contributed by atoms with Crippen molar-refractivity contribution in [2.45, 2.75) is 50.6 Å². The molecule has 0 radical (unpaired) electrons. The van der Waals surface area contributed by atoms with Crippen LogP contribution >= 0.6 is 0 Å². The summed E-state index contributed by atoms with van der Waals surface area (Å²) < 4.78 is 0. The van der Waals surface area contributed by atoms with Crippen LogP contribution in [-0.4, -0.2) is 42.0 Å². The Kier molecular flexibility index (Phi) is 3.50. The fourth-order valence-corrected chi connectivity index (χ4v) is 2.31. The third-order valence-corrected chi connectivity index (χ3v) is 3.70. The van der Waals surface area contributed by atoms with Crippen molar-refractivity contribution in [1.29, 1.82) is 0 Å². The highest BCUT2D eigenvalue weighted by molar-refractivity contribution is 5.89. The Hall–Kier alpha value is -0.610. The van der Waals surface area contributed by atoms with E-state index in [1.165, 1.54) is 13.0 Å². The largest absolute Gasteiger partial charge is 0.352 e. The molecule has 0 atom stereocenters. The number of hydrogen-bond acceptors (Lipinski definition) is 3. The van der Waals surface area contributed by atoms with E-state index in [1.807, 2.05) is 0 Å². The number of carbonyl (C=O) groups is 1. The van der Waals surface area contributed by atoms with Gasteiger partial charge in [-0.15, -0.1) is 0 Å². The van der Waals surface area contributed by atoms with Gasteiger partial charge in [-0.2, -0.15) is 0 Å². The molecule has 92 valence electrons. The molecule has 1 saturated heterocycles. The molecule has 0 bridgehead atoms. The van der Waals surface area contributed by atoms with E-state index >= 15 is 0 Å². The van der Waals surface area contributed by atoms with Crippen molar-refractivity contribution < 1.29 is 4.79 Å². The second-order valence-corrected chi connectivity index (χ2v) is 5.25. The lowest BCUT2D eigenvalue weighted by Crippen LogP contribution is -2.50. The van der Waals surface area contributed by atoms with Gasteiger partial charge in [0.05, 0.1) is 5.54 Å². The van der Waals surface area contributed by atoms with Gasteiger partial charge in [0.25, 0.3) is 0 Å². The lowest BCUT2D eigenvalue weighted by Gasteiger charge is -2.32. The lowest BCUT2D eigenvalue weighted by atomic mass is 10.0. The minimum Gasteiger partial charge on any atom is -0.352 e. The molecule has 4 nitrogen and oxygen atoms in total. The summed E-state index contributed by atoms with van der Waals surface area (Å²) in [7, 11) is 0. The highest BCUT2D eigenvalue weighted by Gasteiger charge is 2.46. The van der Waals surface area contributed by atoms with Gasteiger partial charge in [-0.1, -0.05) is 6.92 Å². The third-order valence-electron chi connectivity index (χ3n) is 3.70. The average molecular weight is 225 g/mol. The Morgan fingerprint density at radius 1 is 1.44 bits per heavy atom. The van der Waals surface area contributed by atoms with E-state index in [0.717, 1.165) is 38.8 Å².